The van der Waals surface area contributed by atoms with Gasteiger partial charge in [-0.25, -0.2) is 4.98 Å². The number of nitrogens with zero attached hydrogens (tertiary/aromatic N) is 3. The van der Waals surface area contributed by atoms with E-state index in [0.29, 0.717) is 18.5 Å². The molecule has 1 saturated heterocycles. The van der Waals surface area contributed by atoms with Crippen LogP contribution in [0.15, 0.2) is 36.4 Å². The molecular formula is C23H24F3N3O2. The van der Waals surface area contributed by atoms with E-state index in [-0.39, 0.29) is 35.2 Å². The third kappa shape index (κ3) is 3.79. The zero-order chi connectivity index (χ0) is 22.5. The zero-order valence-corrected chi connectivity index (χ0v) is 17.6. The van der Waals surface area contributed by atoms with Crippen LogP contribution in [0.3, 0.4) is 0 Å². The van der Waals surface area contributed by atoms with Gasteiger partial charge in [-0.15, -0.1) is 0 Å². The summed E-state index contributed by atoms with van der Waals surface area (Å²) in [5.74, 6) is -1.34. The highest BCUT2D eigenvalue weighted by Gasteiger charge is 2.54. The summed E-state index contributed by atoms with van der Waals surface area (Å²) < 4.78 is 40.2. The minimum Gasteiger partial charge on any atom is -0.314 e. The Kier molecular flexibility index (Phi) is 5.27. The molecule has 5 nitrogen and oxygen atoms in total. The van der Waals surface area contributed by atoms with Gasteiger partial charge in [-0.3, -0.25) is 14.5 Å². The number of pyridine rings is 1. The summed E-state index contributed by atoms with van der Waals surface area (Å²) in [4.78, 5) is 33.7. The molecular weight excluding hydrogens is 407 g/mol. The Balaban J connectivity index is 1.77. The fourth-order valence-corrected chi connectivity index (χ4v) is 4.83. The molecule has 1 aromatic carbocycles. The first-order valence-corrected chi connectivity index (χ1v) is 10.3. The van der Waals surface area contributed by atoms with Gasteiger partial charge in [-0.1, -0.05) is 18.6 Å². The molecule has 2 aliphatic rings. The number of hydrogen-bond donors (Lipinski definition) is 0. The van der Waals surface area contributed by atoms with Gasteiger partial charge in [0, 0.05) is 30.3 Å². The molecule has 2 heterocycles. The third-order valence-corrected chi connectivity index (χ3v) is 6.29. The number of alkyl halides is 3. The molecule has 1 saturated carbocycles. The monoisotopic (exact) mass is 431 g/mol. The highest BCUT2D eigenvalue weighted by atomic mass is 19.4. The Morgan fingerprint density at radius 2 is 1.90 bits per heavy atom. The second kappa shape index (κ2) is 7.66. The summed E-state index contributed by atoms with van der Waals surface area (Å²) in [6, 6.07) is 8.35. The lowest BCUT2D eigenvalue weighted by Gasteiger charge is -2.30. The molecule has 0 spiro atoms. The summed E-state index contributed by atoms with van der Waals surface area (Å²) in [6.07, 6.45) is -2.43. The van der Waals surface area contributed by atoms with Gasteiger partial charge in [0.05, 0.1) is 5.56 Å². The van der Waals surface area contributed by atoms with Crippen molar-refractivity contribution in [2.75, 3.05) is 16.8 Å². The van der Waals surface area contributed by atoms with E-state index in [1.54, 1.807) is 13.1 Å². The van der Waals surface area contributed by atoms with Crippen molar-refractivity contribution in [2.24, 2.45) is 11.8 Å². The lowest BCUT2D eigenvalue weighted by atomic mass is 9.92. The maximum atomic E-state index is 13.6. The Morgan fingerprint density at radius 3 is 2.58 bits per heavy atom. The fraction of sp³-hybridized carbons (Fsp3) is 0.435. The van der Waals surface area contributed by atoms with Crippen molar-refractivity contribution in [1.29, 1.82) is 0 Å². The predicted octanol–water partition coefficient (Wildman–Crippen LogP) is 4.51. The Labute approximate surface area is 178 Å². The smallest absolute Gasteiger partial charge is 0.314 e. The SMILES string of the molecule is Cc1cccc(N(C)C(=O)[C@@H]2[C@H]3CCC[C@H]3C(=O)N2c2cc(C(F)(F)F)cc(C)n2)c1. The molecule has 164 valence electrons. The van der Waals surface area contributed by atoms with Crippen molar-refractivity contribution in [3.8, 4) is 0 Å². The third-order valence-electron chi connectivity index (χ3n) is 6.29. The number of likely N-dealkylation sites (N-methyl/N-ethyl adjacent to an activating group) is 1. The molecule has 31 heavy (non-hydrogen) atoms. The fourth-order valence-electron chi connectivity index (χ4n) is 4.83. The van der Waals surface area contributed by atoms with E-state index in [1.165, 1.54) is 16.7 Å². The Morgan fingerprint density at radius 1 is 1.16 bits per heavy atom. The van der Waals surface area contributed by atoms with Crippen molar-refractivity contribution in [3.05, 3.63) is 53.2 Å². The summed E-state index contributed by atoms with van der Waals surface area (Å²) in [5, 5.41) is 0. The first kappa shape index (κ1) is 21.3. The molecule has 0 unspecified atom stereocenters. The molecule has 0 bridgehead atoms. The first-order chi connectivity index (χ1) is 14.6. The number of carbonyl (C=O) groups is 2. The Bertz CT molecular complexity index is 1040. The molecule has 1 aliphatic heterocycles. The van der Waals surface area contributed by atoms with Crippen molar-refractivity contribution >= 4 is 23.3 Å². The van der Waals surface area contributed by atoms with Gasteiger partial charge in [0.25, 0.3) is 0 Å². The molecule has 2 fully saturated rings. The summed E-state index contributed by atoms with van der Waals surface area (Å²) in [6.45, 7) is 3.37. The van der Waals surface area contributed by atoms with Crippen molar-refractivity contribution in [2.45, 2.75) is 45.3 Å². The van der Waals surface area contributed by atoms with Crippen LogP contribution in [0.2, 0.25) is 0 Å². The van der Waals surface area contributed by atoms with E-state index in [4.69, 9.17) is 0 Å². The second-order valence-corrected chi connectivity index (χ2v) is 8.44. The lowest BCUT2D eigenvalue weighted by molar-refractivity contribution is -0.137. The number of hydrogen-bond acceptors (Lipinski definition) is 3. The normalized spacial score (nSPS) is 23.2. The van der Waals surface area contributed by atoms with Gasteiger partial charge >= 0.3 is 6.18 Å². The average Bonchev–Trinajstić information content (AvgIpc) is 3.28. The number of rotatable bonds is 3. The summed E-state index contributed by atoms with van der Waals surface area (Å²) in [5.41, 5.74) is 0.920. The van der Waals surface area contributed by atoms with E-state index in [9.17, 15) is 22.8 Å². The predicted molar refractivity (Wildman–Crippen MR) is 111 cm³/mol. The van der Waals surface area contributed by atoms with E-state index in [1.807, 2.05) is 25.1 Å². The van der Waals surface area contributed by atoms with Gasteiger partial charge in [0.2, 0.25) is 11.8 Å². The van der Waals surface area contributed by atoms with Crippen molar-refractivity contribution in [3.63, 3.8) is 0 Å². The number of carbonyl (C=O) groups excluding carboxylic acids is 2. The maximum absolute atomic E-state index is 13.6. The molecule has 1 aromatic heterocycles. The topological polar surface area (TPSA) is 53.5 Å². The van der Waals surface area contributed by atoms with E-state index >= 15 is 0 Å². The zero-order valence-electron chi connectivity index (χ0n) is 17.6. The molecule has 8 heteroatoms. The minimum absolute atomic E-state index is 0.109. The van der Waals surface area contributed by atoms with Crippen LogP contribution in [0.1, 0.15) is 36.1 Å². The van der Waals surface area contributed by atoms with E-state index in [2.05, 4.69) is 4.98 Å². The minimum atomic E-state index is -4.57. The molecule has 0 N–H and O–H groups in total. The van der Waals surface area contributed by atoms with Crippen LogP contribution in [-0.4, -0.2) is 29.9 Å². The summed E-state index contributed by atoms with van der Waals surface area (Å²) >= 11 is 0. The van der Waals surface area contributed by atoms with E-state index < -0.39 is 17.8 Å². The van der Waals surface area contributed by atoms with Gasteiger partial charge < -0.3 is 4.90 Å². The molecule has 4 rings (SSSR count). The molecule has 3 atom stereocenters. The number of halogens is 3. The molecule has 1 aliphatic carbocycles. The number of fused-ring (bicyclic) bond motifs is 1. The van der Waals surface area contributed by atoms with Crippen LogP contribution in [-0.2, 0) is 15.8 Å². The highest BCUT2D eigenvalue weighted by Crippen LogP contribution is 2.46. The second-order valence-electron chi connectivity index (χ2n) is 8.44. The quantitative estimate of drug-likeness (QED) is 0.719. The van der Waals surface area contributed by atoms with Crippen molar-refractivity contribution < 1.29 is 22.8 Å². The standard InChI is InChI=1S/C23H24F3N3O2/c1-13-6-4-7-16(10-13)28(3)22(31)20-17-8-5-9-18(17)21(30)29(20)19-12-15(23(24,25)26)11-14(2)27-19/h4,6-7,10-12,17-18,20H,5,8-9H2,1-3H3/t17-,18+,20-/m0/s1. The van der Waals surface area contributed by atoms with Gasteiger partial charge in [0.1, 0.15) is 11.9 Å². The number of aromatic nitrogens is 1. The van der Waals surface area contributed by atoms with Crippen LogP contribution >= 0.6 is 0 Å². The molecule has 0 radical (unpaired) electrons. The number of benzene rings is 1. The molecule has 2 aromatic rings. The van der Waals surface area contributed by atoms with E-state index in [0.717, 1.165) is 24.1 Å². The van der Waals surface area contributed by atoms with Crippen molar-refractivity contribution in [1.82, 2.24) is 4.98 Å². The molecule has 2 amide bonds. The first-order valence-electron chi connectivity index (χ1n) is 10.3. The largest absolute Gasteiger partial charge is 0.416 e. The highest BCUT2D eigenvalue weighted by molar-refractivity contribution is 6.09. The van der Waals surface area contributed by atoms with Gasteiger partial charge in [-0.05, 0) is 56.5 Å². The van der Waals surface area contributed by atoms with Crippen LogP contribution in [0.25, 0.3) is 0 Å². The van der Waals surface area contributed by atoms with Gasteiger partial charge in [0.15, 0.2) is 0 Å². The van der Waals surface area contributed by atoms with Gasteiger partial charge in [-0.2, -0.15) is 13.2 Å². The number of aryl methyl sites for hydroxylation is 2. The Hall–Kier alpha value is -2.90. The van der Waals surface area contributed by atoms with Crippen LogP contribution in [0.4, 0.5) is 24.7 Å². The lowest BCUT2D eigenvalue weighted by Crippen LogP contribution is -2.48. The average molecular weight is 431 g/mol. The number of anilines is 2. The summed E-state index contributed by atoms with van der Waals surface area (Å²) in [7, 11) is 1.63. The maximum Gasteiger partial charge on any atom is 0.416 e. The van der Waals surface area contributed by atoms with Crippen LogP contribution in [0.5, 0.6) is 0 Å². The number of amides is 2. The van der Waals surface area contributed by atoms with Crippen LogP contribution < -0.4 is 9.80 Å². The van der Waals surface area contributed by atoms with Crippen LogP contribution in [0, 0.1) is 25.7 Å².